The van der Waals surface area contributed by atoms with E-state index in [1.165, 1.54) is 44.2 Å². The molecule has 1 heterocycles. The fourth-order valence-electron chi connectivity index (χ4n) is 4.06. The highest BCUT2D eigenvalue weighted by Gasteiger charge is 2.39. The van der Waals surface area contributed by atoms with Gasteiger partial charge in [-0.1, -0.05) is 55.7 Å². The van der Waals surface area contributed by atoms with Crippen LogP contribution in [0.3, 0.4) is 0 Å². The molecule has 1 N–H and O–H groups in total. The lowest BCUT2D eigenvalue weighted by atomic mass is 9.79. The van der Waals surface area contributed by atoms with Crippen LogP contribution in [-0.2, 0) is 0 Å². The van der Waals surface area contributed by atoms with Gasteiger partial charge in [0.2, 0.25) is 0 Å². The van der Waals surface area contributed by atoms with E-state index >= 15 is 0 Å². The number of hydrogen-bond donors (Lipinski definition) is 1. The lowest BCUT2D eigenvalue weighted by molar-refractivity contribution is 0.0565. The lowest BCUT2D eigenvalue weighted by Gasteiger charge is -2.50. The molecular formula is C19H28N2. The summed E-state index contributed by atoms with van der Waals surface area (Å²) in [6.07, 6.45) is 10.0. The van der Waals surface area contributed by atoms with Crippen molar-refractivity contribution < 1.29 is 0 Å². The minimum atomic E-state index is 0.380. The van der Waals surface area contributed by atoms with Gasteiger partial charge >= 0.3 is 0 Å². The number of nitrogens with one attached hydrogen (secondary N) is 1. The van der Waals surface area contributed by atoms with Crippen LogP contribution in [0.2, 0.25) is 0 Å². The molecule has 0 amide bonds. The van der Waals surface area contributed by atoms with Gasteiger partial charge in [-0.25, -0.2) is 0 Å². The van der Waals surface area contributed by atoms with Crippen LogP contribution in [0.5, 0.6) is 0 Å². The monoisotopic (exact) mass is 284 g/mol. The number of hydrogen-bond acceptors (Lipinski definition) is 2. The molecule has 21 heavy (non-hydrogen) atoms. The first-order valence-electron chi connectivity index (χ1n) is 8.48. The van der Waals surface area contributed by atoms with E-state index in [0.717, 1.165) is 19.5 Å². The summed E-state index contributed by atoms with van der Waals surface area (Å²) in [6, 6.07) is 11.5. The van der Waals surface area contributed by atoms with E-state index in [1.54, 1.807) is 0 Å². The Balaban J connectivity index is 1.76. The number of piperazine rings is 1. The van der Waals surface area contributed by atoms with Crippen molar-refractivity contribution in [3.63, 3.8) is 0 Å². The van der Waals surface area contributed by atoms with Gasteiger partial charge in [-0.3, -0.25) is 4.90 Å². The summed E-state index contributed by atoms with van der Waals surface area (Å²) in [5, 5.41) is 3.92. The van der Waals surface area contributed by atoms with Crippen LogP contribution in [0.1, 0.15) is 50.1 Å². The van der Waals surface area contributed by atoms with Crippen molar-refractivity contribution in [2.75, 3.05) is 19.6 Å². The molecule has 1 atom stereocenters. The Kier molecular flexibility index (Phi) is 4.77. The molecule has 2 aliphatic rings. The van der Waals surface area contributed by atoms with Crippen LogP contribution in [0, 0.1) is 0 Å². The van der Waals surface area contributed by atoms with Crippen LogP contribution >= 0.6 is 0 Å². The third-order valence-electron chi connectivity index (χ3n) is 5.23. The maximum absolute atomic E-state index is 3.92. The van der Waals surface area contributed by atoms with Crippen LogP contribution in [0.4, 0.5) is 0 Å². The molecule has 0 aromatic heterocycles. The quantitative estimate of drug-likeness (QED) is 0.843. The second-order valence-electron chi connectivity index (χ2n) is 6.70. The van der Waals surface area contributed by atoms with Crippen molar-refractivity contribution in [1.82, 2.24) is 10.2 Å². The standard InChI is InChI=1S/C19H28N2/c1-2-3-14-21-16-19(12-8-5-9-13-19)20-15-18(21)17-10-6-4-7-11-17/h2,4,6-7,10-11,18,20H,1,3,5,8-9,12-16H2. The topological polar surface area (TPSA) is 15.3 Å². The molecule has 3 rings (SSSR count). The fraction of sp³-hybridized carbons (Fsp3) is 0.579. The van der Waals surface area contributed by atoms with Crippen molar-refractivity contribution in [2.45, 2.75) is 50.1 Å². The minimum Gasteiger partial charge on any atom is -0.308 e. The van der Waals surface area contributed by atoms with Crippen molar-refractivity contribution in [3.05, 3.63) is 48.6 Å². The third-order valence-corrected chi connectivity index (χ3v) is 5.23. The van der Waals surface area contributed by atoms with Gasteiger partial charge in [-0.05, 0) is 24.8 Å². The van der Waals surface area contributed by atoms with Gasteiger partial charge < -0.3 is 5.32 Å². The molecule has 1 unspecified atom stereocenters. The molecule has 1 aliphatic carbocycles. The first-order valence-corrected chi connectivity index (χ1v) is 8.48. The van der Waals surface area contributed by atoms with Crippen molar-refractivity contribution >= 4 is 0 Å². The van der Waals surface area contributed by atoms with E-state index in [0.29, 0.717) is 11.6 Å². The second-order valence-corrected chi connectivity index (χ2v) is 6.70. The van der Waals surface area contributed by atoms with Gasteiger partial charge in [0.05, 0.1) is 0 Å². The van der Waals surface area contributed by atoms with E-state index in [9.17, 15) is 0 Å². The summed E-state index contributed by atoms with van der Waals surface area (Å²) in [5.41, 5.74) is 1.82. The summed E-state index contributed by atoms with van der Waals surface area (Å²) in [6.45, 7) is 7.32. The number of rotatable bonds is 4. The lowest BCUT2D eigenvalue weighted by Crippen LogP contribution is -2.62. The Morgan fingerprint density at radius 1 is 1.19 bits per heavy atom. The average Bonchev–Trinajstić information content (AvgIpc) is 2.55. The smallest absolute Gasteiger partial charge is 0.0473 e. The van der Waals surface area contributed by atoms with Gasteiger partial charge in [0.1, 0.15) is 0 Å². The summed E-state index contributed by atoms with van der Waals surface area (Å²) in [4.78, 5) is 2.69. The molecule has 2 fully saturated rings. The van der Waals surface area contributed by atoms with Crippen LogP contribution < -0.4 is 5.32 Å². The van der Waals surface area contributed by atoms with Gasteiger partial charge in [0.25, 0.3) is 0 Å². The Labute approximate surface area is 129 Å². The summed E-state index contributed by atoms with van der Waals surface area (Å²) < 4.78 is 0. The SMILES string of the molecule is C=CCCN1CC2(CCCCC2)NCC1c1ccccc1. The maximum atomic E-state index is 3.92. The molecule has 1 saturated heterocycles. The largest absolute Gasteiger partial charge is 0.308 e. The third kappa shape index (κ3) is 3.38. The molecule has 1 saturated carbocycles. The van der Waals surface area contributed by atoms with Crippen molar-refractivity contribution in [1.29, 1.82) is 0 Å². The van der Waals surface area contributed by atoms with E-state index in [2.05, 4.69) is 53.2 Å². The molecule has 1 aliphatic heterocycles. The van der Waals surface area contributed by atoms with Crippen LogP contribution in [0.25, 0.3) is 0 Å². The molecule has 0 radical (unpaired) electrons. The summed E-state index contributed by atoms with van der Waals surface area (Å²) in [5.74, 6) is 0. The minimum absolute atomic E-state index is 0.380. The zero-order valence-corrected chi connectivity index (χ0v) is 13.1. The molecule has 1 aromatic rings. The molecule has 114 valence electrons. The van der Waals surface area contributed by atoms with Crippen molar-refractivity contribution in [3.8, 4) is 0 Å². The van der Waals surface area contributed by atoms with E-state index in [4.69, 9.17) is 0 Å². The number of nitrogens with zero attached hydrogens (tertiary/aromatic N) is 1. The van der Waals surface area contributed by atoms with E-state index in [1.807, 2.05) is 0 Å². The Hall–Kier alpha value is -1.12. The zero-order chi connectivity index (χ0) is 14.5. The summed E-state index contributed by atoms with van der Waals surface area (Å²) in [7, 11) is 0. The Bertz CT molecular complexity index is 448. The first-order chi connectivity index (χ1) is 10.3. The first kappa shape index (κ1) is 14.8. The van der Waals surface area contributed by atoms with Gasteiger partial charge in [0.15, 0.2) is 0 Å². The number of benzene rings is 1. The average molecular weight is 284 g/mol. The summed E-state index contributed by atoms with van der Waals surface area (Å²) >= 11 is 0. The maximum Gasteiger partial charge on any atom is 0.0473 e. The fourth-order valence-corrected chi connectivity index (χ4v) is 4.06. The Morgan fingerprint density at radius 3 is 2.67 bits per heavy atom. The molecular weight excluding hydrogens is 256 g/mol. The predicted molar refractivity (Wildman–Crippen MR) is 89.4 cm³/mol. The van der Waals surface area contributed by atoms with E-state index < -0.39 is 0 Å². The molecule has 1 aromatic carbocycles. The Morgan fingerprint density at radius 2 is 1.95 bits per heavy atom. The predicted octanol–water partition coefficient (Wildman–Crippen LogP) is 3.91. The highest BCUT2D eigenvalue weighted by molar-refractivity contribution is 5.21. The van der Waals surface area contributed by atoms with Crippen LogP contribution in [-0.4, -0.2) is 30.1 Å². The normalized spacial score (nSPS) is 25.8. The van der Waals surface area contributed by atoms with E-state index in [-0.39, 0.29) is 0 Å². The second kappa shape index (κ2) is 6.76. The van der Waals surface area contributed by atoms with Gasteiger partial charge in [-0.15, -0.1) is 6.58 Å². The molecule has 1 spiro atoms. The van der Waals surface area contributed by atoms with Crippen molar-refractivity contribution in [2.24, 2.45) is 0 Å². The highest BCUT2D eigenvalue weighted by atomic mass is 15.3. The zero-order valence-electron chi connectivity index (χ0n) is 13.1. The molecule has 2 nitrogen and oxygen atoms in total. The van der Waals surface area contributed by atoms with Crippen LogP contribution in [0.15, 0.2) is 43.0 Å². The van der Waals surface area contributed by atoms with Gasteiger partial charge in [-0.2, -0.15) is 0 Å². The van der Waals surface area contributed by atoms with Gasteiger partial charge in [0, 0.05) is 31.2 Å². The molecule has 0 bridgehead atoms. The highest BCUT2D eigenvalue weighted by Crippen LogP contribution is 2.35. The molecule has 2 heteroatoms.